The Morgan fingerprint density at radius 1 is 1.33 bits per heavy atom. The molecule has 0 saturated carbocycles. The van der Waals surface area contributed by atoms with E-state index in [-0.39, 0.29) is 11.9 Å². The number of hydrogen-bond donors (Lipinski definition) is 1. The minimum absolute atomic E-state index is 0.284. The summed E-state index contributed by atoms with van der Waals surface area (Å²) in [7, 11) is 0. The van der Waals surface area contributed by atoms with Crippen LogP contribution in [0.25, 0.3) is 0 Å². The molecule has 21 heavy (non-hydrogen) atoms. The zero-order valence-corrected chi connectivity index (χ0v) is 11.9. The van der Waals surface area contributed by atoms with Crippen LogP contribution < -0.4 is 5.73 Å². The van der Waals surface area contributed by atoms with Gasteiger partial charge in [0.25, 0.3) is 0 Å². The second-order valence-corrected chi connectivity index (χ2v) is 5.48. The van der Waals surface area contributed by atoms with Gasteiger partial charge in [-0.3, -0.25) is 14.4 Å². The highest BCUT2D eigenvalue weighted by molar-refractivity contribution is 5.81. The van der Waals surface area contributed by atoms with E-state index in [1.165, 1.54) is 0 Å². The number of hydrogen-bond acceptors (Lipinski definition) is 3. The first-order valence-corrected chi connectivity index (χ1v) is 7.33. The molecule has 1 aliphatic heterocycles. The van der Waals surface area contributed by atoms with Crippen LogP contribution in [0, 0.1) is 0 Å². The van der Waals surface area contributed by atoms with Crippen molar-refractivity contribution in [2.45, 2.75) is 31.5 Å². The lowest BCUT2D eigenvalue weighted by atomic mass is 10.0. The molecule has 1 amide bonds. The zero-order chi connectivity index (χ0) is 14.7. The second-order valence-electron chi connectivity index (χ2n) is 5.48. The summed E-state index contributed by atoms with van der Waals surface area (Å²) in [6.07, 6.45) is 5.89. The zero-order valence-electron chi connectivity index (χ0n) is 11.9. The van der Waals surface area contributed by atoms with Gasteiger partial charge in [-0.1, -0.05) is 30.3 Å². The van der Waals surface area contributed by atoms with E-state index >= 15 is 0 Å². The summed E-state index contributed by atoms with van der Waals surface area (Å²) in [4.78, 5) is 14.2. The molecule has 5 heteroatoms. The maximum absolute atomic E-state index is 12.0. The first kappa shape index (κ1) is 13.8. The van der Waals surface area contributed by atoms with Crippen molar-refractivity contribution < 1.29 is 4.79 Å². The van der Waals surface area contributed by atoms with E-state index in [0.717, 1.165) is 31.5 Å². The molecule has 0 radical (unpaired) electrons. The predicted molar refractivity (Wildman–Crippen MR) is 80.3 cm³/mol. The van der Waals surface area contributed by atoms with Crippen LogP contribution in [0.15, 0.2) is 48.8 Å². The quantitative estimate of drug-likeness (QED) is 0.906. The molecular weight excluding hydrogens is 264 g/mol. The number of carbonyl (C=O) groups is 1. The lowest BCUT2D eigenvalue weighted by Gasteiger charge is -2.31. The van der Waals surface area contributed by atoms with Gasteiger partial charge in [-0.15, -0.1) is 0 Å². The number of nitrogens with zero attached hydrogens (tertiary/aromatic N) is 3. The molecule has 1 aliphatic rings. The minimum Gasteiger partial charge on any atom is -0.368 e. The van der Waals surface area contributed by atoms with Crippen molar-refractivity contribution in [2.75, 3.05) is 6.54 Å². The van der Waals surface area contributed by atoms with E-state index in [4.69, 9.17) is 5.73 Å². The van der Waals surface area contributed by atoms with Gasteiger partial charge >= 0.3 is 0 Å². The largest absolute Gasteiger partial charge is 0.368 e. The fourth-order valence-corrected chi connectivity index (χ4v) is 3.17. The van der Waals surface area contributed by atoms with E-state index in [1.54, 1.807) is 6.20 Å². The molecule has 2 N–H and O–H groups in total. The molecule has 2 atom stereocenters. The number of benzene rings is 1. The van der Waals surface area contributed by atoms with Crippen molar-refractivity contribution in [1.29, 1.82) is 0 Å². The van der Waals surface area contributed by atoms with Crippen LogP contribution in [-0.2, 0) is 11.3 Å². The van der Waals surface area contributed by atoms with Crippen LogP contribution in [0.2, 0.25) is 0 Å². The molecular formula is C16H20N4O. The summed E-state index contributed by atoms with van der Waals surface area (Å²) in [5.41, 5.74) is 6.65. The lowest BCUT2D eigenvalue weighted by Crippen LogP contribution is -2.42. The monoisotopic (exact) mass is 284 g/mol. The van der Waals surface area contributed by atoms with E-state index in [0.29, 0.717) is 6.04 Å². The molecule has 1 fully saturated rings. The Hall–Kier alpha value is -2.14. The maximum atomic E-state index is 12.0. The third-order valence-corrected chi connectivity index (χ3v) is 4.10. The first-order chi connectivity index (χ1) is 10.3. The third-order valence-electron chi connectivity index (χ3n) is 4.10. The van der Waals surface area contributed by atoms with Crippen molar-refractivity contribution in [3.05, 3.63) is 54.4 Å². The first-order valence-electron chi connectivity index (χ1n) is 7.33. The van der Waals surface area contributed by atoms with Crippen LogP contribution in [0.5, 0.6) is 0 Å². The Morgan fingerprint density at radius 2 is 2.14 bits per heavy atom. The van der Waals surface area contributed by atoms with Crippen molar-refractivity contribution in [3.63, 3.8) is 0 Å². The smallest absolute Gasteiger partial charge is 0.239 e. The Bertz CT molecular complexity index is 582. The van der Waals surface area contributed by atoms with Crippen molar-refractivity contribution in [2.24, 2.45) is 5.73 Å². The number of likely N-dealkylation sites (tertiary alicyclic amines) is 1. The minimum atomic E-state index is -0.353. The standard InChI is InChI=1S/C16H20N4O/c17-16(21)15(13-6-2-1-3-7-13)20-11-4-8-14(20)12-19-10-5-9-18-19/h1-3,5-7,9-10,14-15H,4,8,11-12H2,(H2,17,21). The van der Waals surface area contributed by atoms with Gasteiger partial charge in [-0.25, -0.2) is 0 Å². The van der Waals surface area contributed by atoms with E-state index in [9.17, 15) is 4.79 Å². The van der Waals surface area contributed by atoms with Gasteiger partial charge in [0, 0.05) is 18.4 Å². The number of primary amides is 1. The number of amides is 1. The van der Waals surface area contributed by atoms with Crippen molar-refractivity contribution >= 4 is 5.91 Å². The van der Waals surface area contributed by atoms with Crippen LogP contribution in [0.3, 0.4) is 0 Å². The molecule has 2 heterocycles. The molecule has 1 aromatic carbocycles. The Labute approximate surface area is 124 Å². The van der Waals surface area contributed by atoms with Crippen molar-refractivity contribution in [3.8, 4) is 0 Å². The Morgan fingerprint density at radius 3 is 2.81 bits per heavy atom. The molecule has 3 rings (SSSR count). The van der Waals surface area contributed by atoms with E-state index in [1.807, 2.05) is 47.3 Å². The molecule has 0 spiro atoms. The van der Waals surface area contributed by atoms with Crippen LogP contribution in [0.4, 0.5) is 0 Å². The summed E-state index contributed by atoms with van der Waals surface area (Å²) in [6.45, 7) is 1.69. The average Bonchev–Trinajstić information content (AvgIpc) is 3.13. The summed E-state index contributed by atoms with van der Waals surface area (Å²) in [5.74, 6) is -0.284. The second kappa shape index (κ2) is 6.10. The molecule has 1 aromatic heterocycles. The van der Waals surface area contributed by atoms with Crippen LogP contribution >= 0.6 is 0 Å². The van der Waals surface area contributed by atoms with Gasteiger partial charge in [0.15, 0.2) is 0 Å². The summed E-state index contributed by atoms with van der Waals surface area (Å²) in [6, 6.07) is 11.6. The van der Waals surface area contributed by atoms with E-state index in [2.05, 4.69) is 10.00 Å². The Kier molecular flexibility index (Phi) is 4.01. The molecule has 2 unspecified atom stereocenters. The van der Waals surface area contributed by atoms with Gasteiger partial charge in [0.2, 0.25) is 5.91 Å². The van der Waals surface area contributed by atoms with Gasteiger partial charge in [0.05, 0.1) is 6.54 Å². The predicted octanol–water partition coefficient (Wildman–Crippen LogP) is 1.57. The van der Waals surface area contributed by atoms with Gasteiger partial charge in [-0.2, -0.15) is 5.10 Å². The van der Waals surface area contributed by atoms with E-state index < -0.39 is 0 Å². The molecule has 110 valence electrons. The lowest BCUT2D eigenvalue weighted by molar-refractivity contribution is -0.124. The van der Waals surface area contributed by atoms with Crippen LogP contribution in [0.1, 0.15) is 24.4 Å². The fourth-order valence-electron chi connectivity index (χ4n) is 3.17. The molecule has 2 aromatic rings. The molecule has 0 bridgehead atoms. The fraction of sp³-hybridized carbons (Fsp3) is 0.375. The molecule has 5 nitrogen and oxygen atoms in total. The number of carbonyl (C=O) groups excluding carboxylic acids is 1. The summed E-state index contributed by atoms with van der Waals surface area (Å²) in [5, 5.41) is 4.26. The maximum Gasteiger partial charge on any atom is 0.239 e. The highest BCUT2D eigenvalue weighted by Gasteiger charge is 2.34. The summed E-state index contributed by atoms with van der Waals surface area (Å²) < 4.78 is 1.92. The summed E-state index contributed by atoms with van der Waals surface area (Å²) >= 11 is 0. The Balaban J connectivity index is 1.83. The van der Waals surface area contributed by atoms with Gasteiger partial charge in [0.1, 0.15) is 6.04 Å². The SMILES string of the molecule is NC(=O)C(c1ccccc1)N1CCCC1Cn1cccn1. The topological polar surface area (TPSA) is 64.2 Å². The third kappa shape index (κ3) is 2.97. The number of nitrogens with two attached hydrogens (primary N) is 1. The number of aromatic nitrogens is 2. The van der Waals surface area contributed by atoms with Gasteiger partial charge < -0.3 is 5.73 Å². The van der Waals surface area contributed by atoms with Crippen molar-refractivity contribution in [1.82, 2.24) is 14.7 Å². The molecule has 0 aliphatic carbocycles. The van der Waals surface area contributed by atoms with Crippen LogP contribution in [-0.4, -0.2) is 33.2 Å². The normalized spacial score (nSPS) is 20.5. The average molecular weight is 284 g/mol. The highest BCUT2D eigenvalue weighted by atomic mass is 16.1. The molecule has 1 saturated heterocycles. The van der Waals surface area contributed by atoms with Gasteiger partial charge in [-0.05, 0) is 31.0 Å². The number of rotatable bonds is 5. The highest BCUT2D eigenvalue weighted by Crippen LogP contribution is 2.30.